The molecule has 1 saturated carbocycles. The molecule has 15 heavy (non-hydrogen) atoms. The van der Waals surface area contributed by atoms with Crippen molar-refractivity contribution in [3.05, 3.63) is 0 Å². The third kappa shape index (κ3) is 6.91. The van der Waals surface area contributed by atoms with Gasteiger partial charge < -0.3 is 9.84 Å². The highest BCUT2D eigenvalue weighted by Gasteiger charge is 2.11. The molecule has 0 spiro atoms. The van der Waals surface area contributed by atoms with Crippen molar-refractivity contribution in [3.8, 4) is 0 Å². The molecular weight excluding hydrogens is 188 g/mol. The molecule has 1 aliphatic rings. The van der Waals surface area contributed by atoms with Crippen molar-refractivity contribution in [1.29, 1.82) is 0 Å². The van der Waals surface area contributed by atoms with Gasteiger partial charge in [0.05, 0.1) is 18.8 Å². The van der Waals surface area contributed by atoms with E-state index in [4.69, 9.17) is 4.74 Å². The number of ether oxygens (including phenoxy) is 1. The summed E-state index contributed by atoms with van der Waals surface area (Å²) in [7, 11) is 0. The molecule has 1 rings (SSSR count). The topological polar surface area (TPSA) is 29.5 Å². The second kappa shape index (κ2) is 8.12. The SMILES string of the molecule is CC(O)COC1CCCCCCCCC1. The van der Waals surface area contributed by atoms with Crippen LogP contribution in [-0.4, -0.2) is 23.9 Å². The van der Waals surface area contributed by atoms with E-state index in [-0.39, 0.29) is 6.10 Å². The summed E-state index contributed by atoms with van der Waals surface area (Å²) in [5.74, 6) is 0. The number of aliphatic hydroxyl groups excluding tert-OH is 1. The molecule has 1 unspecified atom stereocenters. The molecule has 0 aromatic rings. The lowest BCUT2D eigenvalue weighted by atomic mass is 9.99. The molecule has 0 aromatic heterocycles. The Balaban J connectivity index is 2.19. The molecular formula is C13H26O2. The van der Waals surface area contributed by atoms with Crippen molar-refractivity contribution in [3.63, 3.8) is 0 Å². The van der Waals surface area contributed by atoms with Gasteiger partial charge in [-0.25, -0.2) is 0 Å². The fourth-order valence-electron chi connectivity index (χ4n) is 2.21. The van der Waals surface area contributed by atoms with Crippen LogP contribution in [0.4, 0.5) is 0 Å². The van der Waals surface area contributed by atoms with E-state index in [0.717, 1.165) is 0 Å². The van der Waals surface area contributed by atoms with E-state index in [1.165, 1.54) is 57.8 Å². The first-order chi connectivity index (χ1) is 7.29. The Hall–Kier alpha value is -0.0800. The molecule has 0 heterocycles. The van der Waals surface area contributed by atoms with E-state index in [9.17, 15) is 5.11 Å². The monoisotopic (exact) mass is 214 g/mol. The summed E-state index contributed by atoms with van der Waals surface area (Å²) in [5, 5.41) is 9.18. The van der Waals surface area contributed by atoms with Crippen molar-refractivity contribution in [2.45, 2.75) is 76.9 Å². The first kappa shape index (κ1) is 13.0. The summed E-state index contributed by atoms with van der Waals surface area (Å²) in [4.78, 5) is 0. The predicted molar refractivity (Wildman–Crippen MR) is 63.0 cm³/mol. The maximum atomic E-state index is 9.18. The molecule has 2 heteroatoms. The van der Waals surface area contributed by atoms with Gasteiger partial charge in [0.25, 0.3) is 0 Å². The normalized spacial score (nSPS) is 23.6. The average molecular weight is 214 g/mol. The van der Waals surface area contributed by atoms with Crippen molar-refractivity contribution >= 4 is 0 Å². The Bertz CT molecular complexity index is 135. The Kier molecular flexibility index (Phi) is 7.03. The highest BCUT2D eigenvalue weighted by atomic mass is 16.5. The van der Waals surface area contributed by atoms with Crippen LogP contribution in [0.15, 0.2) is 0 Å². The van der Waals surface area contributed by atoms with Gasteiger partial charge in [-0.05, 0) is 19.8 Å². The van der Waals surface area contributed by atoms with Gasteiger partial charge in [0.2, 0.25) is 0 Å². The lowest BCUT2D eigenvalue weighted by Crippen LogP contribution is -2.20. The Morgan fingerprint density at radius 3 is 1.93 bits per heavy atom. The second-order valence-electron chi connectivity index (χ2n) is 4.86. The van der Waals surface area contributed by atoms with Crippen LogP contribution < -0.4 is 0 Å². The fraction of sp³-hybridized carbons (Fsp3) is 1.00. The van der Waals surface area contributed by atoms with Gasteiger partial charge in [-0.15, -0.1) is 0 Å². The lowest BCUT2D eigenvalue weighted by Gasteiger charge is -2.20. The Labute approximate surface area is 94.0 Å². The van der Waals surface area contributed by atoms with Crippen LogP contribution >= 0.6 is 0 Å². The first-order valence-electron chi connectivity index (χ1n) is 6.58. The zero-order chi connectivity index (χ0) is 10.9. The van der Waals surface area contributed by atoms with Crippen LogP contribution in [0.2, 0.25) is 0 Å². The van der Waals surface area contributed by atoms with Crippen molar-refractivity contribution in [1.82, 2.24) is 0 Å². The van der Waals surface area contributed by atoms with Gasteiger partial charge >= 0.3 is 0 Å². The van der Waals surface area contributed by atoms with E-state index in [1.807, 2.05) is 0 Å². The summed E-state index contributed by atoms with van der Waals surface area (Å²) in [6, 6.07) is 0. The molecule has 90 valence electrons. The van der Waals surface area contributed by atoms with E-state index in [1.54, 1.807) is 6.92 Å². The lowest BCUT2D eigenvalue weighted by molar-refractivity contribution is -0.0121. The zero-order valence-electron chi connectivity index (χ0n) is 10.1. The minimum Gasteiger partial charge on any atom is -0.391 e. The van der Waals surface area contributed by atoms with Gasteiger partial charge in [-0.2, -0.15) is 0 Å². The largest absolute Gasteiger partial charge is 0.391 e. The molecule has 0 amide bonds. The van der Waals surface area contributed by atoms with E-state index in [0.29, 0.717) is 12.7 Å². The maximum absolute atomic E-state index is 9.18. The van der Waals surface area contributed by atoms with Crippen LogP contribution in [0.1, 0.15) is 64.7 Å². The van der Waals surface area contributed by atoms with E-state index >= 15 is 0 Å². The Morgan fingerprint density at radius 1 is 1.00 bits per heavy atom. The third-order valence-corrected chi connectivity index (χ3v) is 3.13. The van der Waals surface area contributed by atoms with Gasteiger partial charge in [0, 0.05) is 0 Å². The molecule has 2 nitrogen and oxygen atoms in total. The molecule has 1 aliphatic carbocycles. The molecule has 0 aromatic carbocycles. The molecule has 0 saturated heterocycles. The molecule has 1 fully saturated rings. The van der Waals surface area contributed by atoms with E-state index < -0.39 is 0 Å². The molecule has 0 bridgehead atoms. The molecule has 1 atom stereocenters. The fourth-order valence-corrected chi connectivity index (χ4v) is 2.21. The summed E-state index contributed by atoms with van der Waals surface area (Å²) in [5.41, 5.74) is 0. The van der Waals surface area contributed by atoms with Crippen LogP contribution in [-0.2, 0) is 4.74 Å². The predicted octanol–water partition coefficient (Wildman–Crippen LogP) is 3.28. The number of aliphatic hydroxyl groups is 1. The van der Waals surface area contributed by atoms with Gasteiger partial charge in [-0.3, -0.25) is 0 Å². The zero-order valence-corrected chi connectivity index (χ0v) is 10.1. The van der Waals surface area contributed by atoms with Crippen molar-refractivity contribution in [2.24, 2.45) is 0 Å². The molecule has 0 aliphatic heterocycles. The highest BCUT2D eigenvalue weighted by molar-refractivity contribution is 4.62. The summed E-state index contributed by atoms with van der Waals surface area (Å²) < 4.78 is 5.73. The number of rotatable bonds is 3. The van der Waals surface area contributed by atoms with Crippen molar-refractivity contribution in [2.75, 3.05) is 6.61 Å². The first-order valence-corrected chi connectivity index (χ1v) is 6.58. The van der Waals surface area contributed by atoms with Crippen LogP contribution in [0, 0.1) is 0 Å². The second-order valence-corrected chi connectivity index (χ2v) is 4.86. The van der Waals surface area contributed by atoms with Gasteiger partial charge in [0.15, 0.2) is 0 Å². The minimum absolute atomic E-state index is 0.319. The van der Waals surface area contributed by atoms with Crippen LogP contribution in [0.5, 0.6) is 0 Å². The van der Waals surface area contributed by atoms with Crippen LogP contribution in [0.3, 0.4) is 0 Å². The maximum Gasteiger partial charge on any atom is 0.0745 e. The quantitative estimate of drug-likeness (QED) is 0.781. The highest BCUT2D eigenvalue weighted by Crippen LogP contribution is 2.19. The standard InChI is InChI=1S/C13H26O2/c1-12(14)11-15-13-9-7-5-3-2-4-6-8-10-13/h12-14H,2-11H2,1H3. The Morgan fingerprint density at radius 2 is 1.47 bits per heavy atom. The number of hydrogen-bond acceptors (Lipinski definition) is 2. The van der Waals surface area contributed by atoms with Gasteiger partial charge in [0.1, 0.15) is 0 Å². The average Bonchev–Trinajstić information content (AvgIpc) is 2.23. The molecule has 0 radical (unpaired) electrons. The van der Waals surface area contributed by atoms with Crippen LogP contribution in [0.25, 0.3) is 0 Å². The van der Waals surface area contributed by atoms with Crippen molar-refractivity contribution < 1.29 is 9.84 Å². The smallest absolute Gasteiger partial charge is 0.0745 e. The van der Waals surface area contributed by atoms with E-state index in [2.05, 4.69) is 0 Å². The summed E-state index contributed by atoms with van der Waals surface area (Å²) in [6.45, 7) is 2.30. The summed E-state index contributed by atoms with van der Waals surface area (Å²) in [6.07, 6.45) is 12.0. The van der Waals surface area contributed by atoms with Gasteiger partial charge in [-0.1, -0.05) is 44.9 Å². The minimum atomic E-state index is -0.319. The third-order valence-electron chi connectivity index (χ3n) is 3.13. The summed E-state index contributed by atoms with van der Waals surface area (Å²) >= 11 is 0. The number of hydrogen-bond donors (Lipinski definition) is 1. The molecule has 1 N–H and O–H groups in total.